The van der Waals surface area contributed by atoms with Crippen LogP contribution in [0, 0.1) is 13.8 Å². The lowest BCUT2D eigenvalue weighted by Crippen LogP contribution is -2.30. The fourth-order valence-electron chi connectivity index (χ4n) is 3.28. The van der Waals surface area contributed by atoms with Gasteiger partial charge in [0.05, 0.1) is 0 Å². The minimum atomic E-state index is -0.536. The molecule has 1 aliphatic rings. The van der Waals surface area contributed by atoms with Gasteiger partial charge in [-0.15, -0.1) is 0 Å². The number of fused-ring (bicyclic) bond motifs is 1. The SMILES string of the molecule is Cc1cccc(C)c1NC(=O)C(C)Oc1ccc2c(c1)CCCC2. The Morgan fingerprint density at radius 2 is 1.71 bits per heavy atom. The van der Waals surface area contributed by atoms with E-state index in [0.29, 0.717) is 0 Å². The van der Waals surface area contributed by atoms with Crippen molar-refractivity contribution in [2.45, 2.75) is 52.6 Å². The predicted molar refractivity (Wildman–Crippen MR) is 97.7 cm³/mol. The van der Waals surface area contributed by atoms with Gasteiger partial charge in [-0.25, -0.2) is 0 Å². The van der Waals surface area contributed by atoms with Crippen LogP contribution in [-0.4, -0.2) is 12.0 Å². The molecular weight excluding hydrogens is 298 g/mol. The third-order valence-electron chi connectivity index (χ3n) is 4.73. The van der Waals surface area contributed by atoms with E-state index in [-0.39, 0.29) is 5.91 Å². The normalized spacial score (nSPS) is 14.6. The number of carbonyl (C=O) groups excluding carboxylic acids is 1. The monoisotopic (exact) mass is 323 g/mol. The Balaban J connectivity index is 1.68. The number of aryl methyl sites for hydroxylation is 4. The van der Waals surface area contributed by atoms with Crippen molar-refractivity contribution in [1.29, 1.82) is 0 Å². The summed E-state index contributed by atoms with van der Waals surface area (Å²) in [5, 5.41) is 3.00. The third kappa shape index (κ3) is 3.61. The Bertz CT molecular complexity index is 731. The number of hydrogen-bond donors (Lipinski definition) is 1. The molecule has 0 bridgehead atoms. The van der Waals surface area contributed by atoms with E-state index in [2.05, 4.69) is 17.4 Å². The molecule has 0 heterocycles. The second kappa shape index (κ2) is 7.08. The van der Waals surface area contributed by atoms with Crippen molar-refractivity contribution in [2.24, 2.45) is 0 Å². The van der Waals surface area contributed by atoms with Crippen LogP contribution < -0.4 is 10.1 Å². The van der Waals surface area contributed by atoms with Crippen molar-refractivity contribution in [2.75, 3.05) is 5.32 Å². The number of ether oxygens (including phenoxy) is 1. The topological polar surface area (TPSA) is 38.3 Å². The second-order valence-corrected chi connectivity index (χ2v) is 6.65. The standard InChI is InChI=1S/C21H25NO2/c1-14-7-6-8-15(2)20(14)22-21(23)16(3)24-19-12-11-17-9-4-5-10-18(17)13-19/h6-8,11-13,16H,4-5,9-10H2,1-3H3,(H,22,23). The van der Waals surface area contributed by atoms with Crippen LogP contribution >= 0.6 is 0 Å². The van der Waals surface area contributed by atoms with Crippen LogP contribution in [0.2, 0.25) is 0 Å². The van der Waals surface area contributed by atoms with Gasteiger partial charge in [-0.1, -0.05) is 24.3 Å². The molecule has 126 valence electrons. The number of rotatable bonds is 4. The first-order valence-corrected chi connectivity index (χ1v) is 8.70. The van der Waals surface area contributed by atoms with Gasteiger partial charge in [0.1, 0.15) is 5.75 Å². The molecule has 0 aliphatic heterocycles. The maximum Gasteiger partial charge on any atom is 0.265 e. The van der Waals surface area contributed by atoms with E-state index in [1.807, 2.05) is 38.1 Å². The van der Waals surface area contributed by atoms with Crippen LogP contribution in [0.4, 0.5) is 5.69 Å². The number of carbonyl (C=O) groups is 1. The van der Waals surface area contributed by atoms with Gasteiger partial charge in [0.25, 0.3) is 5.91 Å². The number of para-hydroxylation sites is 1. The molecule has 1 atom stereocenters. The maximum atomic E-state index is 12.5. The van der Waals surface area contributed by atoms with Crippen LogP contribution in [0.25, 0.3) is 0 Å². The van der Waals surface area contributed by atoms with Crippen molar-refractivity contribution in [3.63, 3.8) is 0 Å². The first-order chi connectivity index (χ1) is 11.5. The summed E-state index contributed by atoms with van der Waals surface area (Å²) in [7, 11) is 0. The molecule has 24 heavy (non-hydrogen) atoms. The van der Waals surface area contributed by atoms with Crippen molar-refractivity contribution in [1.82, 2.24) is 0 Å². The van der Waals surface area contributed by atoms with E-state index in [4.69, 9.17) is 4.74 Å². The lowest BCUT2D eigenvalue weighted by molar-refractivity contribution is -0.122. The van der Waals surface area contributed by atoms with Crippen molar-refractivity contribution >= 4 is 11.6 Å². The molecular formula is C21H25NO2. The Kier molecular flexibility index (Phi) is 4.89. The van der Waals surface area contributed by atoms with Gasteiger partial charge in [0.2, 0.25) is 0 Å². The molecule has 3 nitrogen and oxygen atoms in total. The van der Waals surface area contributed by atoms with Gasteiger partial charge in [0.15, 0.2) is 6.10 Å². The number of hydrogen-bond acceptors (Lipinski definition) is 2. The smallest absolute Gasteiger partial charge is 0.265 e. The zero-order valence-corrected chi connectivity index (χ0v) is 14.7. The second-order valence-electron chi connectivity index (χ2n) is 6.65. The Labute approximate surface area is 144 Å². The third-order valence-corrected chi connectivity index (χ3v) is 4.73. The molecule has 1 unspecified atom stereocenters. The first kappa shape index (κ1) is 16.6. The highest BCUT2D eigenvalue weighted by atomic mass is 16.5. The number of anilines is 1. The van der Waals surface area contributed by atoms with Crippen LogP contribution in [0.1, 0.15) is 42.0 Å². The summed E-state index contributed by atoms with van der Waals surface area (Å²) in [6, 6.07) is 12.2. The maximum absolute atomic E-state index is 12.5. The van der Waals surface area contributed by atoms with E-state index in [1.54, 1.807) is 6.92 Å². The lowest BCUT2D eigenvalue weighted by atomic mass is 9.92. The highest BCUT2D eigenvalue weighted by molar-refractivity contribution is 5.95. The number of nitrogens with one attached hydrogen (secondary N) is 1. The zero-order valence-electron chi connectivity index (χ0n) is 14.7. The summed E-state index contributed by atoms with van der Waals surface area (Å²) in [5.74, 6) is 0.657. The molecule has 0 spiro atoms. The molecule has 2 aromatic carbocycles. The Morgan fingerprint density at radius 3 is 2.42 bits per heavy atom. The largest absolute Gasteiger partial charge is 0.481 e. The van der Waals surface area contributed by atoms with Crippen molar-refractivity contribution < 1.29 is 9.53 Å². The average Bonchev–Trinajstić information content (AvgIpc) is 2.58. The highest BCUT2D eigenvalue weighted by Crippen LogP contribution is 2.26. The summed E-state index contributed by atoms with van der Waals surface area (Å²) in [4.78, 5) is 12.5. The van der Waals surface area contributed by atoms with Crippen molar-refractivity contribution in [3.8, 4) is 5.75 Å². The Morgan fingerprint density at radius 1 is 1.04 bits per heavy atom. The molecule has 0 fully saturated rings. The predicted octanol–water partition coefficient (Wildman–Crippen LogP) is 4.59. The summed E-state index contributed by atoms with van der Waals surface area (Å²) < 4.78 is 5.88. The summed E-state index contributed by atoms with van der Waals surface area (Å²) in [6.07, 6.45) is 4.22. The van der Waals surface area contributed by atoms with Gasteiger partial charge in [-0.2, -0.15) is 0 Å². The first-order valence-electron chi connectivity index (χ1n) is 8.70. The van der Waals surface area contributed by atoms with Gasteiger partial charge in [-0.3, -0.25) is 4.79 Å². The Hall–Kier alpha value is -2.29. The molecule has 1 aliphatic carbocycles. The van der Waals surface area contributed by atoms with Crippen LogP contribution in [0.3, 0.4) is 0 Å². The van der Waals surface area contributed by atoms with Gasteiger partial charge >= 0.3 is 0 Å². The molecule has 1 N–H and O–H groups in total. The fraction of sp³-hybridized carbons (Fsp3) is 0.381. The molecule has 3 rings (SSSR count). The number of benzene rings is 2. The molecule has 2 aromatic rings. The molecule has 0 saturated carbocycles. The average molecular weight is 323 g/mol. The minimum absolute atomic E-state index is 0.120. The van der Waals surface area contributed by atoms with E-state index in [0.717, 1.165) is 35.4 Å². The van der Waals surface area contributed by atoms with Crippen molar-refractivity contribution in [3.05, 3.63) is 58.7 Å². The molecule has 0 radical (unpaired) electrons. The van der Waals surface area contributed by atoms with E-state index >= 15 is 0 Å². The highest BCUT2D eigenvalue weighted by Gasteiger charge is 2.18. The minimum Gasteiger partial charge on any atom is -0.481 e. The quantitative estimate of drug-likeness (QED) is 0.894. The zero-order chi connectivity index (χ0) is 17.1. The van der Waals surface area contributed by atoms with Crippen LogP contribution in [-0.2, 0) is 17.6 Å². The summed E-state index contributed by atoms with van der Waals surface area (Å²) in [6.45, 7) is 5.79. The summed E-state index contributed by atoms with van der Waals surface area (Å²) in [5.41, 5.74) is 5.78. The molecule has 3 heteroatoms. The number of amides is 1. The summed E-state index contributed by atoms with van der Waals surface area (Å²) >= 11 is 0. The van der Waals surface area contributed by atoms with Gasteiger partial charge < -0.3 is 10.1 Å². The molecule has 0 aromatic heterocycles. The van der Waals surface area contributed by atoms with E-state index in [9.17, 15) is 4.79 Å². The van der Waals surface area contributed by atoms with Crippen LogP contribution in [0.5, 0.6) is 5.75 Å². The van der Waals surface area contributed by atoms with Gasteiger partial charge in [0, 0.05) is 5.69 Å². The van der Waals surface area contributed by atoms with E-state index in [1.165, 1.54) is 24.0 Å². The lowest BCUT2D eigenvalue weighted by Gasteiger charge is -2.20. The fourth-order valence-corrected chi connectivity index (χ4v) is 3.28. The van der Waals surface area contributed by atoms with E-state index < -0.39 is 6.10 Å². The molecule has 0 saturated heterocycles. The molecule has 1 amide bonds. The van der Waals surface area contributed by atoms with Crippen LogP contribution in [0.15, 0.2) is 36.4 Å². The van der Waals surface area contributed by atoms with Gasteiger partial charge in [-0.05, 0) is 80.8 Å².